The topological polar surface area (TPSA) is 37.4 Å². The Morgan fingerprint density at radius 2 is 2.32 bits per heavy atom. The lowest BCUT2D eigenvalue weighted by Crippen LogP contribution is -2.45. The Bertz CT molecular complexity index is 405. The van der Waals surface area contributed by atoms with Gasteiger partial charge in [-0.15, -0.1) is 11.3 Å². The number of nitrogens with one attached hydrogen (secondary N) is 1. The minimum absolute atomic E-state index is 0.477. The summed E-state index contributed by atoms with van der Waals surface area (Å²) in [5.74, 6) is 0. The van der Waals surface area contributed by atoms with E-state index in [0.29, 0.717) is 12.1 Å². The van der Waals surface area contributed by atoms with Crippen molar-refractivity contribution >= 4 is 16.5 Å². The number of morpholine rings is 1. The number of ether oxygens (including phenoxy) is 1. The molecule has 0 spiro atoms. The Hall–Kier alpha value is -0.650. The van der Waals surface area contributed by atoms with Crippen molar-refractivity contribution in [1.82, 2.24) is 10.3 Å². The van der Waals surface area contributed by atoms with Gasteiger partial charge in [0.25, 0.3) is 0 Å². The molecule has 1 aromatic heterocycles. The highest BCUT2D eigenvalue weighted by Gasteiger charge is 2.24. The molecule has 19 heavy (non-hydrogen) atoms. The zero-order valence-electron chi connectivity index (χ0n) is 12.4. The summed E-state index contributed by atoms with van der Waals surface area (Å²) in [5.41, 5.74) is 1.16. The number of rotatable bonds is 5. The van der Waals surface area contributed by atoms with E-state index in [1.165, 1.54) is 4.88 Å². The van der Waals surface area contributed by atoms with Crippen LogP contribution >= 0.6 is 11.3 Å². The summed E-state index contributed by atoms with van der Waals surface area (Å²) in [6.45, 7) is 12.2. The first-order valence-corrected chi connectivity index (χ1v) is 7.97. The van der Waals surface area contributed by atoms with Gasteiger partial charge in [-0.3, -0.25) is 0 Å². The molecule has 2 heterocycles. The first-order chi connectivity index (χ1) is 9.11. The van der Waals surface area contributed by atoms with E-state index in [1.807, 2.05) is 11.3 Å². The van der Waals surface area contributed by atoms with Crippen LogP contribution in [0.3, 0.4) is 0 Å². The Morgan fingerprint density at radius 3 is 3.00 bits per heavy atom. The van der Waals surface area contributed by atoms with E-state index in [-0.39, 0.29) is 0 Å². The molecule has 1 aliphatic heterocycles. The molecular weight excluding hydrogens is 258 g/mol. The van der Waals surface area contributed by atoms with Crippen LogP contribution < -0.4 is 10.2 Å². The van der Waals surface area contributed by atoms with E-state index in [0.717, 1.165) is 43.5 Å². The quantitative estimate of drug-likeness (QED) is 0.901. The number of nitrogens with zero attached hydrogens (tertiary/aromatic N) is 2. The molecule has 1 aromatic rings. The van der Waals surface area contributed by atoms with Gasteiger partial charge in [-0.2, -0.15) is 0 Å². The van der Waals surface area contributed by atoms with Gasteiger partial charge in [-0.1, -0.05) is 20.8 Å². The van der Waals surface area contributed by atoms with Crippen LogP contribution in [0, 0.1) is 6.92 Å². The molecule has 1 N–H and O–H groups in total. The second-order valence-electron chi connectivity index (χ2n) is 5.37. The predicted octanol–water partition coefficient (Wildman–Crippen LogP) is 2.56. The van der Waals surface area contributed by atoms with Crippen molar-refractivity contribution in [2.45, 2.75) is 52.7 Å². The SMILES string of the molecule is CCC1COCCN1c1nc(C)c(CNC(C)C)s1. The van der Waals surface area contributed by atoms with Gasteiger partial charge in [0, 0.05) is 24.0 Å². The molecule has 0 amide bonds. The highest BCUT2D eigenvalue weighted by atomic mass is 32.1. The molecule has 1 aliphatic rings. The summed E-state index contributed by atoms with van der Waals surface area (Å²) in [4.78, 5) is 8.53. The van der Waals surface area contributed by atoms with E-state index in [2.05, 4.69) is 37.9 Å². The fourth-order valence-electron chi connectivity index (χ4n) is 2.24. The van der Waals surface area contributed by atoms with Crippen LogP contribution in [-0.4, -0.2) is 36.8 Å². The molecule has 0 bridgehead atoms. The zero-order chi connectivity index (χ0) is 13.8. The van der Waals surface area contributed by atoms with Crippen molar-refractivity contribution < 1.29 is 4.74 Å². The normalized spacial score (nSPS) is 20.3. The molecular formula is C14H25N3OS. The van der Waals surface area contributed by atoms with Gasteiger partial charge in [0.2, 0.25) is 0 Å². The van der Waals surface area contributed by atoms with Crippen molar-refractivity contribution in [1.29, 1.82) is 0 Å². The Balaban J connectivity index is 2.09. The number of hydrogen-bond donors (Lipinski definition) is 1. The van der Waals surface area contributed by atoms with E-state index >= 15 is 0 Å². The minimum Gasteiger partial charge on any atom is -0.377 e. The highest BCUT2D eigenvalue weighted by molar-refractivity contribution is 7.15. The van der Waals surface area contributed by atoms with Crippen molar-refractivity contribution in [2.75, 3.05) is 24.7 Å². The maximum absolute atomic E-state index is 5.56. The maximum Gasteiger partial charge on any atom is 0.186 e. The summed E-state index contributed by atoms with van der Waals surface area (Å²) in [5, 5.41) is 4.63. The molecule has 4 nitrogen and oxygen atoms in total. The monoisotopic (exact) mass is 283 g/mol. The van der Waals surface area contributed by atoms with Crippen LogP contribution in [0.5, 0.6) is 0 Å². The molecule has 1 fully saturated rings. The molecule has 0 radical (unpaired) electrons. The van der Waals surface area contributed by atoms with Crippen molar-refractivity contribution in [3.05, 3.63) is 10.6 Å². The second-order valence-corrected chi connectivity index (χ2v) is 6.43. The van der Waals surface area contributed by atoms with E-state index in [9.17, 15) is 0 Å². The number of thiazole rings is 1. The van der Waals surface area contributed by atoms with Crippen LogP contribution in [0.1, 0.15) is 37.8 Å². The highest BCUT2D eigenvalue weighted by Crippen LogP contribution is 2.29. The molecule has 1 atom stereocenters. The second kappa shape index (κ2) is 6.68. The minimum atomic E-state index is 0.477. The first kappa shape index (κ1) is 14.8. The molecule has 0 saturated carbocycles. The van der Waals surface area contributed by atoms with Crippen LogP contribution in [0.2, 0.25) is 0 Å². The third-order valence-electron chi connectivity index (χ3n) is 3.50. The van der Waals surface area contributed by atoms with Gasteiger partial charge in [-0.05, 0) is 13.3 Å². The predicted molar refractivity (Wildman–Crippen MR) is 81.1 cm³/mol. The average molecular weight is 283 g/mol. The lowest BCUT2D eigenvalue weighted by molar-refractivity contribution is 0.0929. The third-order valence-corrected chi connectivity index (χ3v) is 4.69. The Kier molecular flexibility index (Phi) is 5.19. The van der Waals surface area contributed by atoms with Gasteiger partial charge in [0.05, 0.1) is 24.9 Å². The van der Waals surface area contributed by atoms with Crippen LogP contribution in [0.25, 0.3) is 0 Å². The van der Waals surface area contributed by atoms with Crippen molar-refractivity contribution in [2.24, 2.45) is 0 Å². The molecule has 1 unspecified atom stereocenters. The van der Waals surface area contributed by atoms with E-state index < -0.39 is 0 Å². The fourth-order valence-corrected chi connectivity index (χ4v) is 3.35. The lowest BCUT2D eigenvalue weighted by Gasteiger charge is -2.34. The summed E-state index contributed by atoms with van der Waals surface area (Å²) >= 11 is 1.82. The third kappa shape index (κ3) is 3.68. The largest absolute Gasteiger partial charge is 0.377 e. The molecule has 1 saturated heterocycles. The standard InChI is InChI=1S/C14H25N3OS/c1-5-12-9-18-7-6-17(12)14-16-11(4)13(19-14)8-15-10(2)3/h10,12,15H,5-9H2,1-4H3. The molecule has 5 heteroatoms. The Labute approximate surface area is 120 Å². The molecule has 0 aliphatic carbocycles. The molecule has 108 valence electrons. The maximum atomic E-state index is 5.56. The number of anilines is 1. The van der Waals surface area contributed by atoms with Gasteiger partial charge >= 0.3 is 0 Å². The van der Waals surface area contributed by atoms with Gasteiger partial charge in [0.15, 0.2) is 5.13 Å². The summed E-state index contributed by atoms with van der Waals surface area (Å²) < 4.78 is 5.56. The van der Waals surface area contributed by atoms with Crippen molar-refractivity contribution in [3.8, 4) is 0 Å². The lowest BCUT2D eigenvalue weighted by atomic mass is 10.2. The smallest absolute Gasteiger partial charge is 0.186 e. The fraction of sp³-hybridized carbons (Fsp3) is 0.786. The van der Waals surface area contributed by atoms with Crippen LogP contribution in [-0.2, 0) is 11.3 Å². The van der Waals surface area contributed by atoms with Crippen LogP contribution in [0.4, 0.5) is 5.13 Å². The number of aromatic nitrogens is 1. The van der Waals surface area contributed by atoms with Gasteiger partial charge in [0.1, 0.15) is 0 Å². The summed E-state index contributed by atoms with van der Waals surface area (Å²) in [6, 6.07) is 0.988. The van der Waals surface area contributed by atoms with Gasteiger partial charge in [-0.25, -0.2) is 4.98 Å². The number of aryl methyl sites for hydroxylation is 1. The zero-order valence-corrected chi connectivity index (χ0v) is 13.2. The Morgan fingerprint density at radius 1 is 1.53 bits per heavy atom. The van der Waals surface area contributed by atoms with E-state index in [1.54, 1.807) is 0 Å². The van der Waals surface area contributed by atoms with Gasteiger partial charge < -0.3 is 15.0 Å². The number of hydrogen-bond acceptors (Lipinski definition) is 5. The molecule has 0 aromatic carbocycles. The first-order valence-electron chi connectivity index (χ1n) is 7.15. The summed E-state index contributed by atoms with van der Waals surface area (Å²) in [6.07, 6.45) is 1.11. The van der Waals surface area contributed by atoms with Crippen LogP contribution in [0.15, 0.2) is 0 Å². The summed E-state index contributed by atoms with van der Waals surface area (Å²) in [7, 11) is 0. The average Bonchev–Trinajstić information content (AvgIpc) is 2.77. The van der Waals surface area contributed by atoms with E-state index in [4.69, 9.17) is 9.72 Å². The van der Waals surface area contributed by atoms with Crippen molar-refractivity contribution in [3.63, 3.8) is 0 Å². The molecule has 2 rings (SSSR count).